The van der Waals surface area contributed by atoms with Gasteiger partial charge in [0.1, 0.15) is 16.4 Å². The first-order chi connectivity index (χ1) is 18.7. The second kappa shape index (κ2) is 11.7. The summed E-state index contributed by atoms with van der Waals surface area (Å²) in [6, 6.07) is 3.53. The summed E-state index contributed by atoms with van der Waals surface area (Å²) < 4.78 is 150. The zero-order valence-corrected chi connectivity index (χ0v) is 24.4. The number of nitrogens with zero attached hydrogens (tertiary/aromatic N) is 1. The Balaban J connectivity index is 2.27. The number of benzene rings is 2. The Bertz CT molecular complexity index is 1610. The van der Waals surface area contributed by atoms with Crippen LogP contribution in [0.2, 0.25) is 0 Å². The minimum Gasteiger partial charge on any atom is -0.270 e. The highest BCUT2D eigenvalue weighted by molar-refractivity contribution is 7.92. The van der Waals surface area contributed by atoms with Crippen LogP contribution in [-0.2, 0) is 45.1 Å². The molecule has 1 fully saturated rings. The Kier molecular flexibility index (Phi) is 9.45. The zero-order chi connectivity index (χ0) is 31.0. The van der Waals surface area contributed by atoms with E-state index < -0.39 is 100.0 Å². The minimum atomic E-state index is -4.83. The lowest BCUT2D eigenvalue weighted by Gasteiger charge is -2.46. The number of sulfone groups is 1. The molecule has 0 N–H and O–H groups in total. The molecule has 1 aliphatic carbocycles. The summed E-state index contributed by atoms with van der Waals surface area (Å²) in [6.07, 6.45) is -3.32. The van der Waals surface area contributed by atoms with Crippen LogP contribution in [-0.4, -0.2) is 61.3 Å². The fourth-order valence-electron chi connectivity index (χ4n) is 5.21. The highest BCUT2D eigenvalue weighted by atomic mass is 32.2. The van der Waals surface area contributed by atoms with E-state index >= 15 is 4.39 Å². The van der Waals surface area contributed by atoms with Crippen molar-refractivity contribution in [3.05, 3.63) is 77.9 Å². The van der Waals surface area contributed by atoms with Crippen molar-refractivity contribution in [2.24, 2.45) is 5.92 Å². The number of hydrogen-bond donors (Lipinski definition) is 0. The molecule has 0 amide bonds. The highest BCUT2D eigenvalue weighted by Gasteiger charge is 2.54. The molecule has 8 nitrogen and oxygen atoms in total. The Morgan fingerprint density at radius 1 is 1.02 bits per heavy atom. The van der Waals surface area contributed by atoms with E-state index in [0.717, 1.165) is 22.9 Å². The van der Waals surface area contributed by atoms with Crippen molar-refractivity contribution < 1.29 is 51.4 Å². The standard InChI is InChI=1S/C25H28F5NO7S3/c1-4-13-31(39(2,32)33)23-11-12-24(15-17(23)16-38-40(3,34)35,21-14-19(26)7-10-22(21)27)41(36,37)20-8-5-18(6-9-20)25(28,29)30/h4-10,14,17,23H,1,11-13,15-16H2,2-3H3/t17-,23-,24+/m0/s1. The van der Waals surface area contributed by atoms with Gasteiger partial charge in [-0.05, 0) is 61.7 Å². The molecule has 16 heteroatoms. The molecule has 0 bridgehead atoms. The summed E-state index contributed by atoms with van der Waals surface area (Å²) in [4.78, 5) is -0.624. The lowest BCUT2D eigenvalue weighted by molar-refractivity contribution is -0.137. The monoisotopic (exact) mass is 645 g/mol. The van der Waals surface area contributed by atoms with E-state index in [1.165, 1.54) is 6.08 Å². The summed E-state index contributed by atoms with van der Waals surface area (Å²) in [7, 11) is -12.9. The smallest absolute Gasteiger partial charge is 0.270 e. The number of halogens is 5. The number of hydrogen-bond acceptors (Lipinski definition) is 7. The maximum absolute atomic E-state index is 15.3. The Labute approximate surface area is 235 Å². The molecule has 3 atom stereocenters. The molecule has 228 valence electrons. The molecule has 41 heavy (non-hydrogen) atoms. The van der Waals surface area contributed by atoms with Crippen molar-refractivity contribution in [3.8, 4) is 0 Å². The fraction of sp³-hybridized carbons (Fsp3) is 0.440. The third-order valence-corrected chi connectivity index (χ3v) is 11.4. The van der Waals surface area contributed by atoms with Crippen LogP contribution >= 0.6 is 0 Å². The van der Waals surface area contributed by atoms with Crippen molar-refractivity contribution in [2.75, 3.05) is 25.7 Å². The minimum absolute atomic E-state index is 0.230. The van der Waals surface area contributed by atoms with Crippen molar-refractivity contribution in [2.45, 2.75) is 41.1 Å². The SMILES string of the molecule is C=CCN([C@H]1CC[C@@](c2cc(F)ccc2F)(S(=O)(=O)c2ccc(C(F)(F)F)cc2)C[C@H]1COS(C)(=O)=O)S(C)(=O)=O. The van der Waals surface area contributed by atoms with Gasteiger partial charge in [-0.15, -0.1) is 6.58 Å². The fourth-order valence-corrected chi connectivity index (χ4v) is 8.99. The summed E-state index contributed by atoms with van der Waals surface area (Å²) >= 11 is 0. The molecule has 3 rings (SSSR count). The molecule has 1 saturated carbocycles. The first kappa shape index (κ1) is 33.1. The van der Waals surface area contributed by atoms with Gasteiger partial charge < -0.3 is 0 Å². The molecule has 0 heterocycles. The highest BCUT2D eigenvalue weighted by Crippen LogP contribution is 2.51. The van der Waals surface area contributed by atoms with Gasteiger partial charge in [-0.2, -0.15) is 25.9 Å². The predicted molar refractivity (Wildman–Crippen MR) is 140 cm³/mol. The van der Waals surface area contributed by atoms with Gasteiger partial charge in [0.2, 0.25) is 10.0 Å². The molecule has 2 aromatic rings. The molecule has 0 aromatic heterocycles. The van der Waals surface area contributed by atoms with E-state index in [-0.39, 0.29) is 13.0 Å². The van der Waals surface area contributed by atoms with Crippen molar-refractivity contribution in [3.63, 3.8) is 0 Å². The molecule has 2 aromatic carbocycles. The predicted octanol–water partition coefficient (Wildman–Crippen LogP) is 4.25. The maximum Gasteiger partial charge on any atom is 0.416 e. The van der Waals surface area contributed by atoms with Crippen LogP contribution in [0.15, 0.2) is 60.0 Å². The molecule has 0 radical (unpaired) electrons. The van der Waals surface area contributed by atoms with E-state index in [0.29, 0.717) is 36.4 Å². The second-order valence-electron chi connectivity index (χ2n) is 9.82. The Hall–Kier alpha value is -2.40. The third-order valence-electron chi connectivity index (χ3n) is 7.01. The molecular formula is C25H28F5NO7S3. The van der Waals surface area contributed by atoms with Crippen LogP contribution in [0.1, 0.15) is 30.4 Å². The third kappa shape index (κ3) is 7.16. The van der Waals surface area contributed by atoms with Crippen molar-refractivity contribution in [1.82, 2.24) is 4.31 Å². The van der Waals surface area contributed by atoms with Gasteiger partial charge >= 0.3 is 6.18 Å². The lowest BCUT2D eigenvalue weighted by atomic mass is 9.74. The van der Waals surface area contributed by atoms with Gasteiger partial charge in [-0.3, -0.25) is 4.18 Å². The van der Waals surface area contributed by atoms with Gasteiger partial charge in [0.25, 0.3) is 10.1 Å². The van der Waals surface area contributed by atoms with Gasteiger partial charge in [0.05, 0.1) is 29.6 Å². The van der Waals surface area contributed by atoms with E-state index in [2.05, 4.69) is 6.58 Å². The average molecular weight is 646 g/mol. The zero-order valence-electron chi connectivity index (χ0n) is 21.9. The number of rotatable bonds is 10. The first-order valence-corrected chi connectivity index (χ1v) is 17.2. The van der Waals surface area contributed by atoms with Gasteiger partial charge in [0, 0.05) is 24.1 Å². The molecule has 0 unspecified atom stereocenters. The molecule has 0 saturated heterocycles. The molecule has 1 aliphatic rings. The number of alkyl halides is 3. The normalized spacial score (nSPS) is 22.5. The topological polar surface area (TPSA) is 115 Å². The Morgan fingerprint density at radius 3 is 2.15 bits per heavy atom. The second-order valence-corrected chi connectivity index (χ2v) is 15.7. The maximum atomic E-state index is 15.3. The van der Waals surface area contributed by atoms with E-state index in [1.54, 1.807) is 0 Å². The van der Waals surface area contributed by atoms with Crippen LogP contribution in [0.4, 0.5) is 22.0 Å². The van der Waals surface area contributed by atoms with Crippen LogP contribution in [0.25, 0.3) is 0 Å². The lowest BCUT2D eigenvalue weighted by Crippen LogP contribution is -2.53. The van der Waals surface area contributed by atoms with E-state index in [9.17, 15) is 42.8 Å². The van der Waals surface area contributed by atoms with Gasteiger partial charge in [-0.1, -0.05) is 6.08 Å². The van der Waals surface area contributed by atoms with Crippen LogP contribution in [0.3, 0.4) is 0 Å². The molecule has 0 spiro atoms. The summed E-state index contributed by atoms with van der Waals surface area (Å²) in [5.41, 5.74) is -1.77. The number of sulfonamides is 1. The largest absolute Gasteiger partial charge is 0.416 e. The summed E-state index contributed by atoms with van der Waals surface area (Å²) in [5.74, 6) is -3.34. The van der Waals surface area contributed by atoms with Crippen LogP contribution < -0.4 is 0 Å². The van der Waals surface area contributed by atoms with E-state index in [4.69, 9.17) is 4.18 Å². The van der Waals surface area contributed by atoms with Gasteiger partial charge in [-0.25, -0.2) is 25.6 Å². The quantitative estimate of drug-likeness (QED) is 0.216. The molecular weight excluding hydrogens is 617 g/mol. The van der Waals surface area contributed by atoms with Crippen LogP contribution in [0.5, 0.6) is 0 Å². The first-order valence-electron chi connectivity index (χ1n) is 12.0. The summed E-state index contributed by atoms with van der Waals surface area (Å²) in [5, 5.41) is 0. The van der Waals surface area contributed by atoms with Gasteiger partial charge in [0.15, 0.2) is 9.84 Å². The van der Waals surface area contributed by atoms with E-state index in [1.807, 2.05) is 0 Å². The summed E-state index contributed by atoms with van der Waals surface area (Å²) in [6.45, 7) is 2.57. The van der Waals surface area contributed by atoms with Crippen molar-refractivity contribution >= 4 is 30.0 Å². The van der Waals surface area contributed by atoms with Crippen LogP contribution in [0, 0.1) is 17.6 Å². The Morgan fingerprint density at radius 2 is 1.63 bits per heavy atom. The molecule has 0 aliphatic heterocycles. The average Bonchev–Trinajstić information content (AvgIpc) is 2.86. The van der Waals surface area contributed by atoms with Crippen molar-refractivity contribution in [1.29, 1.82) is 0 Å².